The Balaban J connectivity index is 2.57. The van der Waals surface area contributed by atoms with Crippen molar-refractivity contribution in [3.8, 4) is 22.8 Å². The quantitative estimate of drug-likeness (QED) is 0.889. The van der Waals surface area contributed by atoms with Crippen molar-refractivity contribution in [2.24, 2.45) is 0 Å². The van der Waals surface area contributed by atoms with Gasteiger partial charge in [-0.05, 0) is 18.2 Å². The molecule has 0 amide bonds. The molecule has 0 saturated heterocycles. The molecular weight excluding hydrogens is 224 g/mol. The van der Waals surface area contributed by atoms with Gasteiger partial charge in [0.1, 0.15) is 22.2 Å². The number of rotatable bonds is 3. The average Bonchev–Trinajstić information content (AvgIpc) is 2.74. The van der Waals surface area contributed by atoms with Crippen LogP contribution in [0.4, 0.5) is 5.00 Å². The Morgan fingerprint density at radius 3 is 2.62 bits per heavy atom. The summed E-state index contributed by atoms with van der Waals surface area (Å²) in [5.74, 6) is 1.49. The first kappa shape index (κ1) is 10.8. The van der Waals surface area contributed by atoms with Crippen molar-refractivity contribution < 1.29 is 9.47 Å². The van der Waals surface area contributed by atoms with Gasteiger partial charge in [0, 0.05) is 5.56 Å². The zero-order valence-electron chi connectivity index (χ0n) is 9.06. The van der Waals surface area contributed by atoms with Gasteiger partial charge < -0.3 is 15.2 Å². The lowest BCUT2D eigenvalue weighted by Gasteiger charge is -2.09. The molecule has 0 aliphatic carbocycles. The normalized spacial score (nSPS) is 10.1. The van der Waals surface area contributed by atoms with Gasteiger partial charge in [-0.2, -0.15) is 0 Å². The van der Waals surface area contributed by atoms with Crippen LogP contribution in [-0.4, -0.2) is 19.2 Å². The second kappa shape index (κ2) is 4.40. The Morgan fingerprint density at radius 1 is 1.25 bits per heavy atom. The van der Waals surface area contributed by atoms with E-state index in [1.165, 1.54) is 11.3 Å². The van der Waals surface area contributed by atoms with Crippen LogP contribution >= 0.6 is 11.3 Å². The number of aromatic nitrogens is 1. The van der Waals surface area contributed by atoms with Gasteiger partial charge in [0.25, 0.3) is 0 Å². The monoisotopic (exact) mass is 236 g/mol. The van der Waals surface area contributed by atoms with E-state index in [4.69, 9.17) is 15.2 Å². The molecule has 0 unspecified atom stereocenters. The van der Waals surface area contributed by atoms with Crippen LogP contribution in [0.15, 0.2) is 23.7 Å². The number of methoxy groups -OCH3 is 2. The first-order chi connectivity index (χ1) is 7.76. The number of nitrogens with two attached hydrogens (primary N) is 1. The molecule has 4 nitrogen and oxygen atoms in total. The van der Waals surface area contributed by atoms with E-state index >= 15 is 0 Å². The Bertz CT molecular complexity index is 496. The van der Waals surface area contributed by atoms with E-state index in [1.54, 1.807) is 19.7 Å². The number of hydrogen-bond donors (Lipinski definition) is 1. The molecule has 0 saturated carbocycles. The van der Waals surface area contributed by atoms with Crippen molar-refractivity contribution in [1.29, 1.82) is 0 Å². The molecule has 2 rings (SSSR count). The summed E-state index contributed by atoms with van der Waals surface area (Å²) in [5, 5.41) is 0.673. The minimum Gasteiger partial charge on any atom is -0.497 e. The van der Waals surface area contributed by atoms with Crippen molar-refractivity contribution in [1.82, 2.24) is 4.98 Å². The molecule has 2 aromatic rings. The molecule has 84 valence electrons. The SMILES string of the molecule is COc1ccc(OC)c(-c2ncsc2N)c1. The first-order valence-electron chi connectivity index (χ1n) is 4.67. The predicted molar refractivity (Wildman–Crippen MR) is 65.1 cm³/mol. The molecule has 0 fully saturated rings. The Hall–Kier alpha value is -1.75. The molecule has 2 N–H and O–H groups in total. The Labute approximate surface area is 97.6 Å². The van der Waals surface area contributed by atoms with Crippen LogP contribution in [0.25, 0.3) is 11.3 Å². The summed E-state index contributed by atoms with van der Waals surface area (Å²) in [6.07, 6.45) is 0. The lowest BCUT2D eigenvalue weighted by atomic mass is 10.1. The number of benzene rings is 1. The molecule has 0 aliphatic rings. The number of hydrogen-bond acceptors (Lipinski definition) is 5. The summed E-state index contributed by atoms with van der Waals surface area (Å²) >= 11 is 1.40. The van der Waals surface area contributed by atoms with Gasteiger partial charge in [-0.15, -0.1) is 11.3 Å². The summed E-state index contributed by atoms with van der Waals surface area (Å²) in [5.41, 5.74) is 9.14. The summed E-state index contributed by atoms with van der Waals surface area (Å²) < 4.78 is 10.4. The third kappa shape index (κ3) is 1.81. The molecule has 5 heteroatoms. The van der Waals surface area contributed by atoms with E-state index in [0.717, 1.165) is 22.8 Å². The molecule has 0 bridgehead atoms. The minimum atomic E-state index is 0.673. The van der Waals surface area contributed by atoms with Crippen molar-refractivity contribution in [2.75, 3.05) is 20.0 Å². The lowest BCUT2D eigenvalue weighted by Crippen LogP contribution is -1.92. The summed E-state index contributed by atoms with van der Waals surface area (Å²) in [7, 11) is 3.24. The van der Waals surface area contributed by atoms with E-state index in [2.05, 4.69) is 4.98 Å². The van der Waals surface area contributed by atoms with Crippen LogP contribution in [0.3, 0.4) is 0 Å². The topological polar surface area (TPSA) is 57.4 Å². The van der Waals surface area contributed by atoms with Gasteiger partial charge in [0.15, 0.2) is 0 Å². The average molecular weight is 236 g/mol. The number of anilines is 1. The van der Waals surface area contributed by atoms with Gasteiger partial charge in [0.2, 0.25) is 0 Å². The lowest BCUT2D eigenvalue weighted by molar-refractivity contribution is 0.404. The molecule has 0 aliphatic heterocycles. The fourth-order valence-electron chi connectivity index (χ4n) is 1.46. The standard InChI is InChI=1S/C11H12N2O2S/c1-14-7-3-4-9(15-2)8(5-7)10-11(12)16-6-13-10/h3-6H,12H2,1-2H3. The molecule has 0 atom stereocenters. The number of nitrogen functional groups attached to an aromatic ring is 1. The summed E-state index contributed by atoms with van der Waals surface area (Å²) in [4.78, 5) is 4.23. The van der Waals surface area contributed by atoms with E-state index in [1.807, 2.05) is 18.2 Å². The largest absolute Gasteiger partial charge is 0.497 e. The summed E-state index contributed by atoms with van der Waals surface area (Å²) in [6, 6.07) is 5.54. The fraction of sp³-hybridized carbons (Fsp3) is 0.182. The third-order valence-corrected chi connectivity index (χ3v) is 2.91. The Kier molecular flexibility index (Phi) is 2.96. The number of ether oxygens (including phenoxy) is 2. The van der Waals surface area contributed by atoms with Gasteiger partial charge in [0.05, 0.1) is 19.7 Å². The van der Waals surface area contributed by atoms with E-state index in [0.29, 0.717) is 5.00 Å². The van der Waals surface area contributed by atoms with Crippen LogP contribution < -0.4 is 15.2 Å². The summed E-state index contributed by atoms with van der Waals surface area (Å²) in [6.45, 7) is 0. The van der Waals surface area contributed by atoms with Crippen molar-refractivity contribution in [2.45, 2.75) is 0 Å². The minimum absolute atomic E-state index is 0.673. The van der Waals surface area contributed by atoms with Gasteiger partial charge in [-0.1, -0.05) is 0 Å². The highest BCUT2D eigenvalue weighted by Gasteiger charge is 2.12. The van der Waals surface area contributed by atoms with Crippen LogP contribution in [0.5, 0.6) is 11.5 Å². The van der Waals surface area contributed by atoms with Crippen molar-refractivity contribution in [3.05, 3.63) is 23.7 Å². The van der Waals surface area contributed by atoms with Crippen molar-refractivity contribution >= 4 is 16.3 Å². The Morgan fingerprint density at radius 2 is 2.06 bits per heavy atom. The molecule has 0 spiro atoms. The van der Waals surface area contributed by atoms with Crippen LogP contribution in [0, 0.1) is 0 Å². The molecule has 0 radical (unpaired) electrons. The number of nitrogens with zero attached hydrogens (tertiary/aromatic N) is 1. The van der Waals surface area contributed by atoms with Gasteiger partial charge in [-0.3, -0.25) is 0 Å². The maximum absolute atomic E-state index is 5.85. The zero-order valence-corrected chi connectivity index (χ0v) is 9.88. The highest BCUT2D eigenvalue weighted by Crippen LogP contribution is 2.36. The molecule has 1 aromatic heterocycles. The molecule has 1 heterocycles. The second-order valence-electron chi connectivity index (χ2n) is 3.13. The zero-order chi connectivity index (χ0) is 11.5. The molecule has 1 aromatic carbocycles. The maximum Gasteiger partial charge on any atom is 0.128 e. The highest BCUT2D eigenvalue weighted by molar-refractivity contribution is 7.14. The van der Waals surface area contributed by atoms with Crippen LogP contribution in [-0.2, 0) is 0 Å². The van der Waals surface area contributed by atoms with E-state index in [-0.39, 0.29) is 0 Å². The first-order valence-corrected chi connectivity index (χ1v) is 5.55. The van der Waals surface area contributed by atoms with E-state index in [9.17, 15) is 0 Å². The molecular formula is C11H12N2O2S. The highest BCUT2D eigenvalue weighted by atomic mass is 32.1. The van der Waals surface area contributed by atoms with E-state index < -0.39 is 0 Å². The number of thiazole rings is 1. The van der Waals surface area contributed by atoms with Crippen LogP contribution in [0.2, 0.25) is 0 Å². The smallest absolute Gasteiger partial charge is 0.128 e. The van der Waals surface area contributed by atoms with Crippen molar-refractivity contribution in [3.63, 3.8) is 0 Å². The third-order valence-electron chi connectivity index (χ3n) is 2.26. The predicted octanol–water partition coefficient (Wildman–Crippen LogP) is 2.41. The van der Waals surface area contributed by atoms with Gasteiger partial charge in [-0.25, -0.2) is 4.98 Å². The van der Waals surface area contributed by atoms with Crippen LogP contribution in [0.1, 0.15) is 0 Å². The van der Waals surface area contributed by atoms with Gasteiger partial charge >= 0.3 is 0 Å². The maximum atomic E-state index is 5.85. The fourth-order valence-corrected chi connectivity index (χ4v) is 2.00. The molecule has 16 heavy (non-hydrogen) atoms. The second-order valence-corrected chi connectivity index (χ2v) is 4.02.